The van der Waals surface area contributed by atoms with Crippen molar-refractivity contribution in [1.29, 1.82) is 0 Å². The quantitative estimate of drug-likeness (QED) is 0.781. The van der Waals surface area contributed by atoms with Crippen LogP contribution in [0, 0.1) is 0 Å². The zero-order valence-electron chi connectivity index (χ0n) is 13.2. The number of fused-ring (bicyclic) bond motifs is 1. The van der Waals surface area contributed by atoms with Crippen molar-refractivity contribution in [3.05, 3.63) is 52.2 Å². The number of carbonyl (C=O) groups excluding carboxylic acids is 1. The van der Waals surface area contributed by atoms with Gasteiger partial charge >= 0.3 is 0 Å². The lowest BCUT2D eigenvalue weighted by Gasteiger charge is -2.09. The maximum absolute atomic E-state index is 12.5. The van der Waals surface area contributed by atoms with Crippen LogP contribution in [0.15, 0.2) is 41.6 Å². The number of hydrogen-bond acceptors (Lipinski definition) is 4. The van der Waals surface area contributed by atoms with E-state index in [1.807, 2.05) is 19.9 Å². The van der Waals surface area contributed by atoms with Gasteiger partial charge in [0.05, 0.1) is 11.9 Å². The van der Waals surface area contributed by atoms with E-state index in [4.69, 9.17) is 11.6 Å². The number of aromatic nitrogens is 4. The molecule has 7 nitrogen and oxygen atoms in total. The summed E-state index contributed by atoms with van der Waals surface area (Å²) < 4.78 is 2.81. The number of carbonyl (C=O) groups is 1. The normalized spacial score (nSPS) is 11.2. The Morgan fingerprint density at radius 2 is 2.17 bits per heavy atom. The third kappa shape index (κ3) is 3.16. The minimum absolute atomic E-state index is 0.00970. The van der Waals surface area contributed by atoms with Gasteiger partial charge in [-0.05, 0) is 32.0 Å². The summed E-state index contributed by atoms with van der Waals surface area (Å²) in [6.45, 7) is 3.64. The van der Waals surface area contributed by atoms with Crippen molar-refractivity contribution in [3.63, 3.8) is 0 Å². The van der Waals surface area contributed by atoms with E-state index in [2.05, 4.69) is 15.4 Å². The predicted molar refractivity (Wildman–Crippen MR) is 91.4 cm³/mol. The average Bonchev–Trinajstić information content (AvgIpc) is 2.94. The summed E-state index contributed by atoms with van der Waals surface area (Å²) >= 11 is 6.00. The smallest absolute Gasteiger partial charge is 0.264 e. The van der Waals surface area contributed by atoms with E-state index in [0.29, 0.717) is 21.7 Å². The van der Waals surface area contributed by atoms with Crippen LogP contribution in [-0.2, 0) is 11.3 Å². The molecule has 1 aromatic carbocycles. The average molecular weight is 346 g/mol. The Morgan fingerprint density at radius 3 is 2.88 bits per heavy atom. The molecule has 3 aromatic rings. The fourth-order valence-corrected chi connectivity index (χ4v) is 2.56. The van der Waals surface area contributed by atoms with Crippen molar-refractivity contribution < 1.29 is 4.79 Å². The second-order valence-corrected chi connectivity index (χ2v) is 6.11. The van der Waals surface area contributed by atoms with Crippen molar-refractivity contribution in [2.75, 3.05) is 0 Å². The summed E-state index contributed by atoms with van der Waals surface area (Å²) in [5, 5.41) is 7.87. The largest absolute Gasteiger partial charge is 0.352 e. The van der Waals surface area contributed by atoms with Gasteiger partial charge in [0, 0.05) is 11.1 Å². The van der Waals surface area contributed by atoms with Crippen LogP contribution in [0.2, 0.25) is 5.02 Å². The zero-order valence-corrected chi connectivity index (χ0v) is 14.0. The minimum atomic E-state index is -0.313. The number of hydrogen-bond donors (Lipinski definition) is 1. The maximum Gasteiger partial charge on any atom is 0.264 e. The highest BCUT2D eigenvalue weighted by molar-refractivity contribution is 6.30. The molecule has 0 unspecified atom stereocenters. The highest BCUT2D eigenvalue weighted by Gasteiger charge is 2.13. The van der Waals surface area contributed by atoms with Crippen LogP contribution < -0.4 is 10.9 Å². The van der Waals surface area contributed by atoms with Crippen LogP contribution in [0.3, 0.4) is 0 Å². The van der Waals surface area contributed by atoms with Crippen LogP contribution in [0.1, 0.15) is 13.8 Å². The molecular formula is C16H16ClN5O2. The van der Waals surface area contributed by atoms with E-state index in [9.17, 15) is 9.59 Å². The standard InChI is InChI=1S/C16H16ClN5O2/c1-10(2)20-14(23)8-21-9-18-15-13(16(21)24)7-19-22(15)12-5-3-4-11(17)6-12/h3-7,9-10H,8H2,1-2H3,(H,20,23). The fraction of sp³-hybridized carbons (Fsp3) is 0.250. The molecule has 0 fully saturated rings. The van der Waals surface area contributed by atoms with E-state index < -0.39 is 0 Å². The molecule has 0 aliphatic rings. The van der Waals surface area contributed by atoms with Crippen molar-refractivity contribution in [3.8, 4) is 5.69 Å². The Hall–Kier alpha value is -2.67. The Labute approximate surface area is 142 Å². The van der Waals surface area contributed by atoms with E-state index in [1.165, 1.54) is 17.1 Å². The molecule has 2 heterocycles. The number of halogens is 1. The predicted octanol–water partition coefficient (Wildman–Crippen LogP) is 1.76. The van der Waals surface area contributed by atoms with E-state index in [-0.39, 0.29) is 24.1 Å². The van der Waals surface area contributed by atoms with Gasteiger partial charge in [-0.15, -0.1) is 0 Å². The fourth-order valence-electron chi connectivity index (χ4n) is 2.38. The number of nitrogens with zero attached hydrogens (tertiary/aromatic N) is 4. The van der Waals surface area contributed by atoms with Gasteiger partial charge in [-0.1, -0.05) is 17.7 Å². The molecule has 2 aromatic heterocycles. The van der Waals surface area contributed by atoms with Gasteiger partial charge in [-0.3, -0.25) is 14.2 Å². The first-order chi connectivity index (χ1) is 11.5. The van der Waals surface area contributed by atoms with E-state index in [1.54, 1.807) is 22.9 Å². The molecule has 1 N–H and O–H groups in total. The van der Waals surface area contributed by atoms with Gasteiger partial charge in [-0.25, -0.2) is 9.67 Å². The summed E-state index contributed by atoms with van der Waals surface area (Å²) in [5.41, 5.74) is 0.815. The molecule has 0 saturated carbocycles. The Kier molecular flexibility index (Phi) is 4.35. The second-order valence-electron chi connectivity index (χ2n) is 5.67. The summed E-state index contributed by atoms with van der Waals surface area (Å²) in [6.07, 6.45) is 2.80. The van der Waals surface area contributed by atoms with Crippen molar-refractivity contribution in [1.82, 2.24) is 24.6 Å². The SMILES string of the molecule is CC(C)NC(=O)Cn1cnc2c(cnn2-c2cccc(Cl)c2)c1=O. The van der Waals surface area contributed by atoms with E-state index in [0.717, 1.165) is 0 Å². The first kappa shape index (κ1) is 16.2. The first-order valence-electron chi connectivity index (χ1n) is 7.44. The second kappa shape index (κ2) is 6.45. The first-order valence-corrected chi connectivity index (χ1v) is 7.82. The lowest BCUT2D eigenvalue weighted by atomic mass is 10.3. The van der Waals surface area contributed by atoms with Crippen LogP contribution in [-0.4, -0.2) is 31.3 Å². The number of nitrogens with one attached hydrogen (secondary N) is 1. The molecular weight excluding hydrogens is 330 g/mol. The number of amides is 1. The Balaban J connectivity index is 2.00. The molecule has 0 atom stereocenters. The monoisotopic (exact) mass is 345 g/mol. The molecule has 0 saturated heterocycles. The lowest BCUT2D eigenvalue weighted by Crippen LogP contribution is -2.36. The molecule has 3 rings (SSSR count). The molecule has 0 radical (unpaired) electrons. The summed E-state index contributed by atoms with van der Waals surface area (Å²) in [7, 11) is 0. The molecule has 0 bridgehead atoms. The van der Waals surface area contributed by atoms with Gasteiger partial charge in [0.25, 0.3) is 5.56 Å². The summed E-state index contributed by atoms with van der Waals surface area (Å²) in [6, 6.07) is 7.11. The van der Waals surface area contributed by atoms with Crippen LogP contribution in [0.25, 0.3) is 16.7 Å². The Bertz CT molecular complexity index is 961. The van der Waals surface area contributed by atoms with Crippen LogP contribution >= 0.6 is 11.6 Å². The molecule has 0 spiro atoms. The van der Waals surface area contributed by atoms with Gasteiger partial charge < -0.3 is 5.32 Å². The van der Waals surface area contributed by atoms with Crippen molar-refractivity contribution in [2.24, 2.45) is 0 Å². The number of benzene rings is 1. The van der Waals surface area contributed by atoms with Crippen LogP contribution in [0.5, 0.6) is 0 Å². The van der Waals surface area contributed by atoms with Gasteiger partial charge in [0.15, 0.2) is 5.65 Å². The maximum atomic E-state index is 12.5. The third-order valence-corrected chi connectivity index (χ3v) is 3.61. The highest BCUT2D eigenvalue weighted by Crippen LogP contribution is 2.17. The molecule has 0 aliphatic heterocycles. The Morgan fingerprint density at radius 1 is 1.38 bits per heavy atom. The minimum Gasteiger partial charge on any atom is -0.352 e. The van der Waals surface area contributed by atoms with Gasteiger partial charge in [0.1, 0.15) is 18.3 Å². The highest BCUT2D eigenvalue weighted by atomic mass is 35.5. The number of rotatable bonds is 4. The lowest BCUT2D eigenvalue weighted by molar-refractivity contribution is -0.122. The molecule has 1 amide bonds. The van der Waals surface area contributed by atoms with Crippen molar-refractivity contribution >= 4 is 28.5 Å². The van der Waals surface area contributed by atoms with Crippen molar-refractivity contribution in [2.45, 2.75) is 26.4 Å². The third-order valence-electron chi connectivity index (χ3n) is 3.37. The summed E-state index contributed by atoms with van der Waals surface area (Å²) in [4.78, 5) is 28.6. The van der Waals surface area contributed by atoms with Gasteiger partial charge in [0.2, 0.25) is 5.91 Å². The van der Waals surface area contributed by atoms with E-state index >= 15 is 0 Å². The summed E-state index contributed by atoms with van der Waals surface area (Å²) in [5.74, 6) is -0.240. The van der Waals surface area contributed by atoms with Crippen LogP contribution in [0.4, 0.5) is 0 Å². The van der Waals surface area contributed by atoms with Gasteiger partial charge in [-0.2, -0.15) is 5.10 Å². The topological polar surface area (TPSA) is 81.8 Å². The molecule has 0 aliphatic carbocycles. The molecule has 8 heteroatoms. The molecule has 124 valence electrons. The molecule has 24 heavy (non-hydrogen) atoms. The zero-order chi connectivity index (χ0) is 17.3.